The van der Waals surface area contributed by atoms with Crippen LogP contribution in [0.4, 0.5) is 4.39 Å². The van der Waals surface area contributed by atoms with E-state index in [0.717, 1.165) is 0 Å². The summed E-state index contributed by atoms with van der Waals surface area (Å²) in [7, 11) is 0. The van der Waals surface area contributed by atoms with E-state index in [1.165, 1.54) is 0 Å². The summed E-state index contributed by atoms with van der Waals surface area (Å²) in [5, 5.41) is 0.551. The molecule has 0 aromatic heterocycles. The molecule has 1 unspecified atom stereocenters. The number of hydrogen-bond acceptors (Lipinski definition) is 2. The number of carbonyl (C=O) groups is 1. The zero-order valence-electron chi connectivity index (χ0n) is 8.67. The second-order valence-corrected chi connectivity index (χ2v) is 4.91. The van der Waals surface area contributed by atoms with Crippen LogP contribution >= 0.6 is 27.5 Å². The van der Waals surface area contributed by atoms with Gasteiger partial charge in [-0.25, -0.2) is 4.39 Å². The minimum absolute atomic E-state index is 0.197. The number of alkyl halides is 2. The van der Waals surface area contributed by atoms with E-state index in [-0.39, 0.29) is 12.2 Å². The minimum atomic E-state index is -1.59. The maximum atomic E-state index is 12.8. The molecular weight excluding hydrogens is 298 g/mol. The van der Waals surface area contributed by atoms with Crippen LogP contribution in [0.3, 0.4) is 0 Å². The lowest BCUT2D eigenvalue weighted by Gasteiger charge is -2.23. The van der Waals surface area contributed by atoms with Gasteiger partial charge in [0.2, 0.25) is 4.51 Å². The van der Waals surface area contributed by atoms with Crippen molar-refractivity contribution in [1.29, 1.82) is 0 Å². The molecular formula is C11H11BrClFO2. The average Bonchev–Trinajstić information content (AvgIpc) is 2.31. The Morgan fingerprint density at radius 2 is 2.06 bits per heavy atom. The van der Waals surface area contributed by atoms with Crippen molar-refractivity contribution in [3.05, 3.63) is 29.3 Å². The predicted octanol–water partition coefficient (Wildman–Crippen LogP) is 3.76. The number of rotatable bonds is 5. The smallest absolute Gasteiger partial charge is 0.248 e. The van der Waals surface area contributed by atoms with Gasteiger partial charge in [0.15, 0.2) is 5.78 Å². The number of benzene rings is 1. The maximum absolute atomic E-state index is 12.8. The fourth-order valence-corrected chi connectivity index (χ4v) is 1.71. The standard InChI is InChI=1S/C11H11BrClFO2/c1-2-10(15)11(12,7-14)16-9-5-3-8(13)4-6-9/h3-6H,2,7H2,1H3. The normalized spacial score (nSPS) is 14.2. The van der Waals surface area contributed by atoms with E-state index in [9.17, 15) is 9.18 Å². The van der Waals surface area contributed by atoms with Crippen molar-refractivity contribution in [3.63, 3.8) is 0 Å². The highest BCUT2D eigenvalue weighted by Gasteiger charge is 2.36. The average molecular weight is 310 g/mol. The third-order valence-corrected chi connectivity index (χ3v) is 3.07. The summed E-state index contributed by atoms with van der Waals surface area (Å²) in [6.45, 7) is 0.724. The van der Waals surface area contributed by atoms with Crippen molar-refractivity contribution < 1.29 is 13.9 Å². The lowest BCUT2D eigenvalue weighted by atomic mass is 10.2. The zero-order valence-corrected chi connectivity index (χ0v) is 11.0. The SMILES string of the molecule is CCC(=O)C(Br)(CF)Oc1ccc(Cl)cc1. The molecule has 0 N–H and O–H groups in total. The highest BCUT2D eigenvalue weighted by Crippen LogP contribution is 2.27. The van der Waals surface area contributed by atoms with Crippen LogP contribution in [0.5, 0.6) is 5.75 Å². The number of ketones is 1. The summed E-state index contributed by atoms with van der Waals surface area (Å²) in [5.41, 5.74) is 0. The molecule has 0 bridgehead atoms. The molecule has 0 radical (unpaired) electrons. The van der Waals surface area contributed by atoms with Gasteiger partial charge in [-0.3, -0.25) is 4.79 Å². The first-order chi connectivity index (χ1) is 7.51. The Hall–Kier alpha value is -0.610. The molecule has 1 atom stereocenters. The summed E-state index contributed by atoms with van der Waals surface area (Å²) >= 11 is 8.68. The van der Waals surface area contributed by atoms with Crippen LogP contribution in [0.1, 0.15) is 13.3 Å². The Kier molecular flexibility index (Phi) is 4.74. The molecule has 0 amide bonds. The summed E-state index contributed by atoms with van der Waals surface area (Å²) in [6, 6.07) is 6.38. The third-order valence-electron chi connectivity index (χ3n) is 2.00. The van der Waals surface area contributed by atoms with Crippen LogP contribution in [0.25, 0.3) is 0 Å². The van der Waals surface area contributed by atoms with Crippen molar-refractivity contribution >= 4 is 33.3 Å². The van der Waals surface area contributed by atoms with E-state index in [2.05, 4.69) is 15.9 Å². The molecule has 16 heavy (non-hydrogen) atoms. The van der Waals surface area contributed by atoms with Crippen LogP contribution < -0.4 is 4.74 Å². The van der Waals surface area contributed by atoms with Crippen molar-refractivity contribution in [2.75, 3.05) is 6.67 Å². The van der Waals surface area contributed by atoms with Gasteiger partial charge in [-0.1, -0.05) is 18.5 Å². The molecule has 1 aromatic carbocycles. The lowest BCUT2D eigenvalue weighted by molar-refractivity contribution is -0.127. The van der Waals surface area contributed by atoms with Crippen LogP contribution in [-0.4, -0.2) is 17.0 Å². The van der Waals surface area contributed by atoms with Crippen LogP contribution in [-0.2, 0) is 4.79 Å². The first-order valence-corrected chi connectivity index (χ1v) is 5.91. The topological polar surface area (TPSA) is 26.3 Å². The Morgan fingerprint density at radius 3 is 2.50 bits per heavy atom. The molecule has 0 spiro atoms. The van der Waals surface area contributed by atoms with Crippen molar-refractivity contribution in [1.82, 2.24) is 0 Å². The molecule has 0 saturated carbocycles. The van der Waals surface area contributed by atoms with Crippen molar-refractivity contribution in [2.45, 2.75) is 17.9 Å². The van der Waals surface area contributed by atoms with E-state index in [1.807, 2.05) is 0 Å². The summed E-state index contributed by atoms with van der Waals surface area (Å²) in [5.74, 6) is 0.0469. The number of halogens is 3. The van der Waals surface area contributed by atoms with E-state index >= 15 is 0 Å². The summed E-state index contributed by atoms with van der Waals surface area (Å²) in [6.07, 6.45) is 0.197. The number of ether oxygens (including phenoxy) is 1. The van der Waals surface area contributed by atoms with E-state index in [0.29, 0.717) is 10.8 Å². The largest absolute Gasteiger partial charge is 0.466 e. The molecule has 2 nitrogen and oxygen atoms in total. The van der Waals surface area contributed by atoms with Gasteiger partial charge in [0.25, 0.3) is 0 Å². The highest BCUT2D eigenvalue weighted by molar-refractivity contribution is 9.10. The molecule has 0 fully saturated rings. The fourth-order valence-electron chi connectivity index (χ4n) is 1.11. The maximum Gasteiger partial charge on any atom is 0.248 e. The molecule has 0 aliphatic carbocycles. The van der Waals surface area contributed by atoms with Crippen LogP contribution in [0, 0.1) is 0 Å². The number of carbonyl (C=O) groups excluding carboxylic acids is 1. The van der Waals surface area contributed by atoms with Crippen LogP contribution in [0.15, 0.2) is 24.3 Å². The highest BCUT2D eigenvalue weighted by atomic mass is 79.9. The molecule has 0 aliphatic rings. The Bertz CT molecular complexity index is 369. The van der Waals surface area contributed by atoms with E-state index in [1.54, 1.807) is 31.2 Å². The number of hydrogen-bond donors (Lipinski definition) is 0. The lowest BCUT2D eigenvalue weighted by Crippen LogP contribution is -2.40. The minimum Gasteiger partial charge on any atom is -0.466 e. The molecule has 0 heterocycles. The molecule has 0 saturated heterocycles. The summed E-state index contributed by atoms with van der Waals surface area (Å²) in [4.78, 5) is 11.5. The van der Waals surface area contributed by atoms with Gasteiger partial charge in [0.1, 0.15) is 12.4 Å². The first kappa shape index (κ1) is 13.5. The van der Waals surface area contributed by atoms with Gasteiger partial charge in [0.05, 0.1) is 0 Å². The van der Waals surface area contributed by atoms with Gasteiger partial charge < -0.3 is 4.74 Å². The van der Waals surface area contributed by atoms with Crippen LogP contribution in [0.2, 0.25) is 5.02 Å². The van der Waals surface area contributed by atoms with Gasteiger partial charge in [-0.15, -0.1) is 0 Å². The second-order valence-electron chi connectivity index (χ2n) is 3.19. The van der Waals surface area contributed by atoms with E-state index in [4.69, 9.17) is 16.3 Å². The van der Waals surface area contributed by atoms with Gasteiger partial charge in [0, 0.05) is 11.4 Å². The van der Waals surface area contributed by atoms with Gasteiger partial charge >= 0.3 is 0 Å². The first-order valence-electron chi connectivity index (χ1n) is 4.74. The third kappa shape index (κ3) is 3.19. The summed E-state index contributed by atoms with van der Waals surface area (Å²) < 4.78 is 16.5. The Balaban J connectivity index is 2.84. The number of Topliss-reactive ketones (excluding diaryl/α,β-unsaturated/α-hetero) is 1. The monoisotopic (exact) mass is 308 g/mol. The Morgan fingerprint density at radius 1 is 1.50 bits per heavy atom. The predicted molar refractivity (Wildman–Crippen MR) is 65.0 cm³/mol. The van der Waals surface area contributed by atoms with E-state index < -0.39 is 11.2 Å². The molecule has 1 aromatic rings. The van der Waals surface area contributed by atoms with Gasteiger partial charge in [-0.05, 0) is 40.2 Å². The molecule has 1 rings (SSSR count). The van der Waals surface area contributed by atoms with Crippen molar-refractivity contribution in [2.24, 2.45) is 0 Å². The second kappa shape index (κ2) is 5.64. The zero-order chi connectivity index (χ0) is 12.2. The fraction of sp³-hybridized carbons (Fsp3) is 0.364. The molecule has 88 valence electrons. The molecule has 0 aliphatic heterocycles. The Labute approximate surface area is 107 Å². The van der Waals surface area contributed by atoms with Crippen molar-refractivity contribution in [3.8, 4) is 5.75 Å². The quantitative estimate of drug-likeness (QED) is 0.774. The molecule has 5 heteroatoms. The van der Waals surface area contributed by atoms with Gasteiger partial charge in [-0.2, -0.15) is 0 Å².